The molecule has 0 aliphatic rings. The van der Waals surface area contributed by atoms with E-state index in [9.17, 15) is 4.79 Å². The fourth-order valence-corrected chi connectivity index (χ4v) is 2.39. The molecule has 94 valence electrons. The molecule has 1 atom stereocenters. The van der Waals surface area contributed by atoms with Crippen LogP contribution < -0.4 is 0 Å². The van der Waals surface area contributed by atoms with Gasteiger partial charge in [-0.15, -0.1) is 0 Å². The first-order valence-electron chi connectivity index (χ1n) is 5.46. The van der Waals surface area contributed by atoms with Gasteiger partial charge in [-0.1, -0.05) is 11.8 Å². The number of aromatic nitrogens is 3. The molecule has 0 radical (unpaired) electrons. The van der Waals surface area contributed by atoms with Crippen molar-refractivity contribution in [2.45, 2.75) is 18.1 Å². The third-order valence-electron chi connectivity index (χ3n) is 2.56. The lowest BCUT2D eigenvalue weighted by molar-refractivity contribution is -0.133. The van der Waals surface area contributed by atoms with Crippen LogP contribution in [0.4, 0.5) is 0 Å². The van der Waals surface area contributed by atoms with Crippen LogP contribution in [0.2, 0.25) is 0 Å². The van der Waals surface area contributed by atoms with Gasteiger partial charge in [-0.25, -0.2) is 4.98 Å². The molecule has 0 bridgehead atoms. The van der Waals surface area contributed by atoms with Gasteiger partial charge in [0.15, 0.2) is 5.16 Å². The van der Waals surface area contributed by atoms with E-state index in [0.717, 1.165) is 5.56 Å². The van der Waals surface area contributed by atoms with Crippen molar-refractivity contribution in [3.63, 3.8) is 0 Å². The summed E-state index contributed by atoms with van der Waals surface area (Å²) in [5.74, 6) is -0.828. The molecule has 0 fully saturated rings. The van der Waals surface area contributed by atoms with E-state index in [1.807, 2.05) is 29.8 Å². The predicted molar refractivity (Wildman–Crippen MR) is 68.6 cm³/mol. The van der Waals surface area contributed by atoms with E-state index >= 15 is 0 Å². The van der Waals surface area contributed by atoms with Crippen molar-refractivity contribution in [1.82, 2.24) is 14.5 Å². The average Bonchev–Trinajstić information content (AvgIpc) is 2.85. The van der Waals surface area contributed by atoms with E-state index in [2.05, 4.69) is 9.97 Å². The molecule has 1 N–H and O–H groups in total. The number of nitrogens with zero attached hydrogens (tertiary/aromatic N) is 3. The molecular formula is C12H13N3O2S. The maximum Gasteiger partial charge on any atom is 0.313 e. The SMILES string of the molecule is CC(c1ccncc1)n1ccnc1SCC(=O)O. The third-order valence-corrected chi connectivity index (χ3v) is 3.53. The number of thioether (sulfide) groups is 1. The highest BCUT2D eigenvalue weighted by atomic mass is 32.2. The standard InChI is InChI=1S/C12H13N3O2S/c1-9(10-2-4-13-5-3-10)15-7-6-14-12(15)18-8-11(16)17/h2-7,9H,8H2,1H3,(H,16,17). The highest BCUT2D eigenvalue weighted by Crippen LogP contribution is 2.24. The van der Waals surface area contributed by atoms with Crippen molar-refractivity contribution in [3.05, 3.63) is 42.5 Å². The molecule has 2 heterocycles. The second kappa shape index (κ2) is 5.68. The highest BCUT2D eigenvalue weighted by Gasteiger charge is 2.13. The van der Waals surface area contributed by atoms with Crippen molar-refractivity contribution in [1.29, 1.82) is 0 Å². The van der Waals surface area contributed by atoms with Gasteiger partial charge in [0.1, 0.15) is 0 Å². The minimum Gasteiger partial charge on any atom is -0.481 e. The molecular weight excluding hydrogens is 250 g/mol. The largest absolute Gasteiger partial charge is 0.481 e. The Kier molecular flexibility index (Phi) is 3.99. The third kappa shape index (κ3) is 2.89. The zero-order valence-electron chi connectivity index (χ0n) is 9.85. The van der Waals surface area contributed by atoms with Crippen LogP contribution in [0.15, 0.2) is 42.1 Å². The fraction of sp³-hybridized carbons (Fsp3) is 0.250. The van der Waals surface area contributed by atoms with Gasteiger partial charge >= 0.3 is 5.97 Å². The molecule has 0 aliphatic carbocycles. The van der Waals surface area contributed by atoms with E-state index in [0.29, 0.717) is 5.16 Å². The Balaban J connectivity index is 2.18. The minimum absolute atomic E-state index is 0.0140. The Morgan fingerprint density at radius 3 is 2.83 bits per heavy atom. The van der Waals surface area contributed by atoms with Gasteiger partial charge in [0.25, 0.3) is 0 Å². The van der Waals surface area contributed by atoms with Crippen LogP contribution in [0.25, 0.3) is 0 Å². The first-order chi connectivity index (χ1) is 8.68. The molecule has 0 aliphatic heterocycles. The van der Waals surface area contributed by atoms with Gasteiger partial charge < -0.3 is 9.67 Å². The van der Waals surface area contributed by atoms with Gasteiger partial charge in [0, 0.05) is 24.8 Å². The van der Waals surface area contributed by atoms with Crippen LogP contribution in [0.5, 0.6) is 0 Å². The maximum atomic E-state index is 10.6. The fourth-order valence-electron chi connectivity index (χ4n) is 1.63. The van der Waals surface area contributed by atoms with Gasteiger partial charge in [-0.3, -0.25) is 9.78 Å². The summed E-state index contributed by atoms with van der Waals surface area (Å²) in [6.07, 6.45) is 7.02. The monoisotopic (exact) mass is 263 g/mol. The summed E-state index contributed by atoms with van der Waals surface area (Å²) in [6.45, 7) is 2.04. The molecule has 2 aromatic rings. The number of rotatable bonds is 5. The van der Waals surface area contributed by atoms with E-state index in [-0.39, 0.29) is 11.8 Å². The van der Waals surface area contributed by atoms with Gasteiger partial charge in [-0.05, 0) is 24.6 Å². The smallest absolute Gasteiger partial charge is 0.313 e. The number of hydrogen-bond donors (Lipinski definition) is 1. The summed E-state index contributed by atoms with van der Waals surface area (Å²) in [5, 5.41) is 9.40. The van der Waals surface area contributed by atoms with Crippen LogP contribution in [0, 0.1) is 0 Å². The van der Waals surface area contributed by atoms with Crippen LogP contribution in [-0.4, -0.2) is 31.4 Å². The summed E-state index contributed by atoms with van der Waals surface area (Å²) >= 11 is 1.22. The highest BCUT2D eigenvalue weighted by molar-refractivity contribution is 7.99. The molecule has 2 aromatic heterocycles. The van der Waals surface area contributed by atoms with Gasteiger partial charge in [-0.2, -0.15) is 0 Å². The van der Waals surface area contributed by atoms with Crippen molar-refractivity contribution >= 4 is 17.7 Å². The normalized spacial score (nSPS) is 12.3. The number of carbonyl (C=O) groups is 1. The quantitative estimate of drug-likeness (QED) is 0.836. The minimum atomic E-state index is -0.842. The summed E-state index contributed by atoms with van der Waals surface area (Å²) < 4.78 is 1.96. The molecule has 0 amide bonds. The predicted octanol–water partition coefficient (Wildman–Crippen LogP) is 2.06. The Morgan fingerprint density at radius 1 is 1.44 bits per heavy atom. The van der Waals surface area contributed by atoms with Crippen LogP contribution in [0.3, 0.4) is 0 Å². The van der Waals surface area contributed by atoms with Gasteiger partial charge in [0.2, 0.25) is 0 Å². The van der Waals surface area contributed by atoms with Crippen molar-refractivity contribution in [2.75, 3.05) is 5.75 Å². The van der Waals surface area contributed by atoms with Crippen molar-refractivity contribution in [3.8, 4) is 0 Å². The Hall–Kier alpha value is -1.82. The first kappa shape index (κ1) is 12.6. The second-order valence-corrected chi connectivity index (χ2v) is 4.70. The lowest BCUT2D eigenvalue weighted by Gasteiger charge is -2.15. The zero-order chi connectivity index (χ0) is 13.0. The summed E-state index contributed by atoms with van der Waals surface area (Å²) in [4.78, 5) is 18.7. The molecule has 5 nitrogen and oxygen atoms in total. The maximum absolute atomic E-state index is 10.6. The van der Waals surface area contributed by atoms with Gasteiger partial charge in [0.05, 0.1) is 11.8 Å². The molecule has 2 rings (SSSR count). The first-order valence-corrected chi connectivity index (χ1v) is 6.44. The van der Waals surface area contributed by atoms with E-state index in [4.69, 9.17) is 5.11 Å². The Bertz CT molecular complexity index is 527. The number of hydrogen-bond acceptors (Lipinski definition) is 4. The van der Waals surface area contributed by atoms with Crippen LogP contribution in [0.1, 0.15) is 18.5 Å². The lowest BCUT2D eigenvalue weighted by atomic mass is 10.1. The Labute approximate surface area is 109 Å². The number of imidazole rings is 1. The van der Waals surface area contributed by atoms with Crippen LogP contribution in [-0.2, 0) is 4.79 Å². The molecule has 0 aromatic carbocycles. The number of pyridine rings is 1. The number of carboxylic acid groups (broad SMARTS) is 1. The Morgan fingerprint density at radius 2 is 2.17 bits per heavy atom. The second-order valence-electron chi connectivity index (χ2n) is 3.76. The molecule has 6 heteroatoms. The molecule has 0 saturated carbocycles. The van der Waals surface area contributed by atoms with Crippen LogP contribution >= 0.6 is 11.8 Å². The summed E-state index contributed by atoms with van der Waals surface area (Å²) in [5.41, 5.74) is 1.11. The number of aliphatic carboxylic acids is 1. The summed E-state index contributed by atoms with van der Waals surface area (Å²) in [7, 11) is 0. The molecule has 18 heavy (non-hydrogen) atoms. The van der Waals surface area contributed by atoms with Crippen molar-refractivity contribution < 1.29 is 9.90 Å². The molecule has 0 spiro atoms. The molecule has 1 unspecified atom stereocenters. The molecule has 0 saturated heterocycles. The van der Waals surface area contributed by atoms with E-state index in [1.54, 1.807) is 18.6 Å². The lowest BCUT2D eigenvalue weighted by Crippen LogP contribution is -2.08. The topological polar surface area (TPSA) is 68.0 Å². The average molecular weight is 263 g/mol. The number of carboxylic acids is 1. The summed E-state index contributed by atoms with van der Waals surface area (Å²) in [6, 6.07) is 3.99. The van der Waals surface area contributed by atoms with Crippen molar-refractivity contribution in [2.24, 2.45) is 0 Å². The van der Waals surface area contributed by atoms with E-state index < -0.39 is 5.97 Å². The van der Waals surface area contributed by atoms with E-state index in [1.165, 1.54) is 11.8 Å². The zero-order valence-corrected chi connectivity index (χ0v) is 10.7.